The summed E-state index contributed by atoms with van der Waals surface area (Å²) in [6.07, 6.45) is -2.67. The highest BCUT2D eigenvalue weighted by molar-refractivity contribution is 7.81. The number of benzene rings is 2. The molecule has 316 valence electrons. The van der Waals surface area contributed by atoms with Crippen molar-refractivity contribution in [1.82, 2.24) is 20.1 Å². The molecule has 3 saturated heterocycles. The van der Waals surface area contributed by atoms with E-state index in [0.717, 1.165) is 22.7 Å². The Kier molecular flexibility index (Phi) is 12.9. The third-order valence-electron chi connectivity index (χ3n) is 10.9. The van der Waals surface area contributed by atoms with E-state index >= 15 is 0 Å². The van der Waals surface area contributed by atoms with Crippen molar-refractivity contribution in [3.63, 3.8) is 0 Å². The van der Waals surface area contributed by atoms with Crippen LogP contribution in [0.15, 0.2) is 48.7 Å². The molecule has 3 aliphatic rings. The number of amides is 4. The molecular weight excluding hydrogens is 802 g/mol. The summed E-state index contributed by atoms with van der Waals surface area (Å²) in [5.41, 5.74) is -1.68. The number of aryl methyl sites for hydroxylation is 1. The van der Waals surface area contributed by atoms with Crippen molar-refractivity contribution in [3.8, 4) is 17.9 Å². The number of anilines is 4. The molecule has 3 aliphatic heterocycles. The molecule has 1 unspecified atom stereocenters. The van der Waals surface area contributed by atoms with Gasteiger partial charge in [-0.25, -0.2) is 4.98 Å². The molecule has 3 aromatic rings. The molecule has 15 nitrogen and oxygen atoms in total. The van der Waals surface area contributed by atoms with Crippen LogP contribution in [0, 0.1) is 22.7 Å². The first-order valence-electron chi connectivity index (χ1n) is 19.4. The lowest BCUT2D eigenvalue weighted by Gasteiger charge is -2.39. The van der Waals surface area contributed by atoms with Crippen LogP contribution in [0.2, 0.25) is 0 Å². The fourth-order valence-electron chi connectivity index (χ4n) is 7.70. The number of piperidine rings is 1. The van der Waals surface area contributed by atoms with Crippen LogP contribution in [0.4, 0.5) is 35.9 Å². The lowest BCUT2D eigenvalue weighted by Crippen LogP contribution is -2.54. The normalized spacial score (nSPS) is 21.0. The predicted molar refractivity (Wildman–Crippen MR) is 219 cm³/mol. The van der Waals surface area contributed by atoms with E-state index in [2.05, 4.69) is 36.8 Å². The molecule has 0 saturated carbocycles. The number of alkyl halides is 3. The maximum absolute atomic E-state index is 13.8. The molecule has 1 aromatic heterocycles. The number of aromatic nitrogens is 1. The summed E-state index contributed by atoms with van der Waals surface area (Å²) < 4.78 is 47.5. The lowest BCUT2D eigenvalue weighted by molar-refractivity contribution is -0.138. The maximum Gasteiger partial charge on any atom is 0.419 e. The SMILES string of the molecule is CCc1cc(N2[C@@H](S)N(c3cnc(C#N)c(C(F)(F)F)c3)C(=O)C2(C)C)ccc1OCCN1CCN(CC(=O)Nc2cc(C#N)cc(NC3CCC(=O)NC3=O)c2)[C@H](C)C1. The average molecular weight is 847 g/mol. The number of nitrogens with one attached hydrogen (secondary N) is 3. The Balaban J connectivity index is 1.02. The van der Waals surface area contributed by atoms with E-state index < -0.39 is 46.3 Å². The molecule has 60 heavy (non-hydrogen) atoms. The van der Waals surface area contributed by atoms with E-state index in [-0.39, 0.29) is 36.5 Å². The van der Waals surface area contributed by atoms with E-state index in [1.807, 2.05) is 26.0 Å². The van der Waals surface area contributed by atoms with E-state index in [9.17, 15) is 42.9 Å². The minimum absolute atomic E-state index is 0.0468. The van der Waals surface area contributed by atoms with Crippen LogP contribution in [-0.2, 0) is 31.8 Å². The zero-order chi connectivity index (χ0) is 43.5. The van der Waals surface area contributed by atoms with Gasteiger partial charge in [-0.05, 0) is 81.6 Å². The molecule has 3 fully saturated rings. The maximum atomic E-state index is 13.8. The molecule has 2 aromatic carbocycles. The number of thiol groups is 1. The van der Waals surface area contributed by atoms with Crippen LogP contribution >= 0.6 is 12.6 Å². The zero-order valence-corrected chi connectivity index (χ0v) is 34.4. The number of nitriles is 2. The van der Waals surface area contributed by atoms with Gasteiger partial charge in [0.05, 0.1) is 35.6 Å². The molecule has 3 N–H and O–H groups in total. The Morgan fingerprint density at radius 1 is 1.07 bits per heavy atom. The molecule has 0 radical (unpaired) electrons. The highest BCUT2D eigenvalue weighted by atomic mass is 32.1. The number of pyridine rings is 1. The van der Waals surface area contributed by atoms with E-state index in [4.69, 9.17) is 17.4 Å². The first kappa shape index (κ1) is 43.7. The van der Waals surface area contributed by atoms with Crippen molar-refractivity contribution in [3.05, 3.63) is 71.0 Å². The summed E-state index contributed by atoms with van der Waals surface area (Å²) in [6.45, 7) is 10.5. The molecule has 19 heteroatoms. The van der Waals surface area contributed by atoms with Gasteiger partial charge in [0, 0.05) is 55.7 Å². The van der Waals surface area contributed by atoms with Crippen molar-refractivity contribution in [1.29, 1.82) is 10.5 Å². The van der Waals surface area contributed by atoms with Gasteiger partial charge in [-0.2, -0.15) is 23.7 Å². The van der Waals surface area contributed by atoms with Crippen molar-refractivity contribution in [2.45, 2.75) is 76.3 Å². The van der Waals surface area contributed by atoms with Crippen molar-refractivity contribution < 1.29 is 37.1 Å². The van der Waals surface area contributed by atoms with Gasteiger partial charge in [0.15, 0.2) is 11.2 Å². The largest absolute Gasteiger partial charge is 0.492 e. The number of imide groups is 1. The first-order valence-corrected chi connectivity index (χ1v) is 19.9. The summed E-state index contributed by atoms with van der Waals surface area (Å²) in [5.74, 6) is -0.864. The number of carbonyl (C=O) groups excluding carboxylic acids is 4. The van der Waals surface area contributed by atoms with E-state index in [1.165, 1.54) is 6.07 Å². The summed E-state index contributed by atoms with van der Waals surface area (Å²) in [4.78, 5) is 61.5. The van der Waals surface area contributed by atoms with Gasteiger partial charge in [-0.3, -0.25) is 39.2 Å². The highest BCUT2D eigenvalue weighted by Gasteiger charge is 2.52. The number of hydrogen-bond acceptors (Lipinski definition) is 13. The summed E-state index contributed by atoms with van der Waals surface area (Å²) in [7, 11) is 0. The average Bonchev–Trinajstić information content (AvgIpc) is 3.37. The fraction of sp³-hybridized carbons (Fsp3) is 0.439. The summed E-state index contributed by atoms with van der Waals surface area (Å²) in [5, 5.41) is 27.0. The molecule has 6 rings (SSSR count). The third-order valence-corrected chi connectivity index (χ3v) is 11.3. The Morgan fingerprint density at radius 3 is 2.48 bits per heavy atom. The second-order valence-electron chi connectivity index (χ2n) is 15.4. The molecule has 0 aliphatic carbocycles. The van der Waals surface area contributed by atoms with Gasteiger partial charge in [-0.15, -0.1) is 12.6 Å². The van der Waals surface area contributed by atoms with Gasteiger partial charge in [0.25, 0.3) is 5.91 Å². The Labute approximate surface area is 350 Å². The molecular formula is C41H45F3N10O5S. The number of nitrogens with zero attached hydrogens (tertiary/aromatic N) is 7. The van der Waals surface area contributed by atoms with Crippen molar-refractivity contribution in [2.24, 2.45) is 0 Å². The van der Waals surface area contributed by atoms with Crippen molar-refractivity contribution >= 4 is 59.0 Å². The third kappa shape index (κ3) is 9.44. The Morgan fingerprint density at radius 2 is 1.82 bits per heavy atom. The van der Waals surface area contributed by atoms with Crippen LogP contribution in [0.25, 0.3) is 0 Å². The number of hydrogen-bond donors (Lipinski definition) is 4. The molecule has 0 spiro atoms. The fourth-order valence-corrected chi connectivity index (χ4v) is 8.36. The Bertz CT molecular complexity index is 2260. The van der Waals surface area contributed by atoms with Gasteiger partial charge in [0.2, 0.25) is 17.7 Å². The topological polar surface area (TPSA) is 187 Å². The van der Waals surface area contributed by atoms with E-state index in [1.54, 1.807) is 43.0 Å². The van der Waals surface area contributed by atoms with Gasteiger partial charge in [-0.1, -0.05) is 6.92 Å². The monoisotopic (exact) mass is 846 g/mol. The number of ether oxygens (including phenoxy) is 1. The van der Waals surface area contributed by atoms with Gasteiger partial charge >= 0.3 is 6.18 Å². The van der Waals surface area contributed by atoms with Crippen LogP contribution in [-0.4, -0.2) is 101 Å². The molecule has 4 heterocycles. The first-order chi connectivity index (χ1) is 28.4. The van der Waals surface area contributed by atoms with E-state index in [0.29, 0.717) is 74.0 Å². The van der Waals surface area contributed by atoms with Crippen LogP contribution < -0.4 is 30.5 Å². The second-order valence-corrected chi connectivity index (χ2v) is 15.8. The second kappa shape index (κ2) is 17.8. The number of piperazine rings is 1. The lowest BCUT2D eigenvalue weighted by atomic mass is 10.0. The predicted octanol–water partition coefficient (Wildman–Crippen LogP) is 4.49. The van der Waals surface area contributed by atoms with Crippen LogP contribution in [0.5, 0.6) is 5.75 Å². The van der Waals surface area contributed by atoms with Gasteiger partial charge in [0.1, 0.15) is 30.0 Å². The summed E-state index contributed by atoms with van der Waals surface area (Å²) in [6, 6.07) is 13.9. The van der Waals surface area contributed by atoms with Crippen molar-refractivity contribution in [2.75, 3.05) is 59.8 Å². The Hall–Kier alpha value is -5.89. The zero-order valence-electron chi connectivity index (χ0n) is 33.5. The smallest absolute Gasteiger partial charge is 0.419 e. The molecule has 3 atom stereocenters. The quantitative estimate of drug-likeness (QED) is 0.148. The van der Waals surface area contributed by atoms with Crippen LogP contribution in [0.3, 0.4) is 0 Å². The number of rotatable bonds is 12. The van der Waals surface area contributed by atoms with Gasteiger partial charge < -0.3 is 20.3 Å². The molecule has 4 amide bonds. The number of halogens is 3. The summed E-state index contributed by atoms with van der Waals surface area (Å²) >= 11 is 4.69. The minimum atomic E-state index is -4.85. The van der Waals surface area contributed by atoms with Crippen LogP contribution in [0.1, 0.15) is 62.9 Å². The molecule has 0 bridgehead atoms. The standard InChI is InChI=1S/C41H45F3N10O5S/c1-5-26-16-29(54-39(60)53(38(58)40(54,3)4)30-18-31(41(42,43)44)33(20-46)47-21-30)6-8-34(26)59-13-12-51-10-11-52(24(2)22-51)23-36(56)49-28-15-25(19-45)14-27(17-28)48-32-7-9-35(55)50-37(32)57/h6,8,14-18,21,24,32,39,48,60H,5,7,9-13,22-23H2,1-4H3,(H,49,56)(H,50,55,57)/t24-,32?,39+/m1/s1. The highest BCUT2D eigenvalue weighted by Crippen LogP contribution is 2.43. The number of carbonyl (C=O) groups is 4. The minimum Gasteiger partial charge on any atom is -0.492 e.